The number of aliphatic hydroxyl groups excluding tert-OH is 1. The third-order valence-electron chi connectivity index (χ3n) is 4.12. The number of nitrogens with zero attached hydrogens (tertiary/aromatic N) is 2. The van der Waals surface area contributed by atoms with Gasteiger partial charge < -0.3 is 15.7 Å². The van der Waals surface area contributed by atoms with Gasteiger partial charge in [0, 0.05) is 18.0 Å². The van der Waals surface area contributed by atoms with Gasteiger partial charge in [-0.2, -0.15) is 0 Å². The summed E-state index contributed by atoms with van der Waals surface area (Å²) in [5.41, 5.74) is 7.29. The van der Waals surface area contributed by atoms with Crippen molar-refractivity contribution in [2.24, 2.45) is 5.73 Å². The molecule has 1 saturated carbocycles. The normalized spacial score (nSPS) is 14.9. The number of hydrogen-bond donors (Lipinski definition) is 3. The van der Waals surface area contributed by atoms with Crippen molar-refractivity contribution in [3.05, 3.63) is 35.9 Å². The summed E-state index contributed by atoms with van der Waals surface area (Å²) in [4.78, 5) is 6.82. The van der Waals surface area contributed by atoms with Crippen LogP contribution in [0.1, 0.15) is 24.8 Å². The molecule has 1 aliphatic rings. The van der Waals surface area contributed by atoms with E-state index in [2.05, 4.69) is 4.90 Å². The lowest BCUT2D eigenvalue weighted by atomic mass is 9.91. The van der Waals surface area contributed by atoms with Gasteiger partial charge in [-0.05, 0) is 31.4 Å². The zero-order chi connectivity index (χ0) is 14.8. The number of nitrogen functional groups attached to an aromatic ring is 1. The predicted octanol–water partition coefficient (Wildman–Crippen LogP) is 1.87. The molecule has 0 saturated heterocycles. The molecule has 1 heterocycles. The molecule has 110 valence electrons. The zero-order valence-electron chi connectivity index (χ0n) is 11.9. The molecule has 5 nitrogen and oxygen atoms in total. The van der Waals surface area contributed by atoms with Gasteiger partial charge in [0.25, 0.3) is 0 Å². The van der Waals surface area contributed by atoms with Gasteiger partial charge in [-0.3, -0.25) is 5.41 Å². The van der Waals surface area contributed by atoms with Crippen molar-refractivity contribution in [3.8, 4) is 0 Å². The van der Waals surface area contributed by atoms with E-state index in [4.69, 9.17) is 16.1 Å². The molecule has 0 aliphatic heterocycles. The summed E-state index contributed by atoms with van der Waals surface area (Å²) < 4.78 is 0. The van der Waals surface area contributed by atoms with E-state index in [1.807, 2.05) is 30.3 Å². The Balaban J connectivity index is 2.12. The summed E-state index contributed by atoms with van der Waals surface area (Å²) in [6.07, 6.45) is 3.41. The highest BCUT2D eigenvalue weighted by Crippen LogP contribution is 2.31. The standard InChI is InChI=1S/C16H20N4O/c17-15(18)13-10-11-4-1-2-7-14(11)19-16(13)20(8-9-21)12-5-3-6-12/h1-2,4,7,10,12,21H,3,5-6,8-9H2,(H3,17,18). The molecular weight excluding hydrogens is 264 g/mol. The first kappa shape index (κ1) is 13.8. The highest BCUT2D eigenvalue weighted by Gasteiger charge is 2.28. The van der Waals surface area contributed by atoms with E-state index < -0.39 is 0 Å². The molecule has 1 fully saturated rings. The van der Waals surface area contributed by atoms with E-state index in [9.17, 15) is 5.11 Å². The molecule has 0 spiro atoms. The Morgan fingerprint density at radius 2 is 2.14 bits per heavy atom. The Hall–Kier alpha value is -2.14. The average molecular weight is 284 g/mol. The SMILES string of the molecule is N=C(N)c1cc2ccccc2nc1N(CCO)C1CCC1. The third kappa shape index (κ3) is 2.56. The number of pyridine rings is 1. The molecule has 0 radical (unpaired) electrons. The van der Waals surface area contributed by atoms with Crippen molar-refractivity contribution >= 4 is 22.6 Å². The van der Waals surface area contributed by atoms with E-state index in [1.54, 1.807) is 0 Å². The van der Waals surface area contributed by atoms with Crippen LogP contribution in [-0.2, 0) is 0 Å². The molecule has 0 atom stereocenters. The first-order valence-electron chi connectivity index (χ1n) is 7.32. The second-order valence-electron chi connectivity index (χ2n) is 5.47. The maximum absolute atomic E-state index is 9.35. The third-order valence-corrected chi connectivity index (χ3v) is 4.12. The summed E-state index contributed by atoms with van der Waals surface area (Å²) >= 11 is 0. The predicted molar refractivity (Wildman–Crippen MR) is 84.8 cm³/mol. The van der Waals surface area contributed by atoms with Gasteiger partial charge in [0.2, 0.25) is 0 Å². The molecule has 5 heteroatoms. The number of para-hydroxylation sites is 1. The molecule has 0 amide bonds. The quantitative estimate of drug-likeness (QED) is 0.578. The number of anilines is 1. The fourth-order valence-electron chi connectivity index (χ4n) is 2.79. The van der Waals surface area contributed by atoms with Crippen LogP contribution in [0.2, 0.25) is 0 Å². The van der Waals surface area contributed by atoms with Gasteiger partial charge in [-0.15, -0.1) is 0 Å². The van der Waals surface area contributed by atoms with Crippen LogP contribution in [0.3, 0.4) is 0 Å². The van der Waals surface area contributed by atoms with Gasteiger partial charge in [-0.25, -0.2) is 4.98 Å². The maximum atomic E-state index is 9.35. The Morgan fingerprint density at radius 1 is 1.38 bits per heavy atom. The summed E-state index contributed by atoms with van der Waals surface area (Å²) in [6.45, 7) is 0.596. The average Bonchev–Trinajstić information content (AvgIpc) is 2.43. The van der Waals surface area contributed by atoms with Crippen molar-refractivity contribution in [1.29, 1.82) is 5.41 Å². The summed E-state index contributed by atoms with van der Waals surface area (Å²) in [7, 11) is 0. The van der Waals surface area contributed by atoms with Gasteiger partial charge in [0.15, 0.2) is 0 Å². The lowest BCUT2D eigenvalue weighted by molar-refractivity contribution is 0.283. The highest BCUT2D eigenvalue weighted by atomic mass is 16.3. The number of fused-ring (bicyclic) bond motifs is 1. The van der Waals surface area contributed by atoms with Crippen LogP contribution in [0.15, 0.2) is 30.3 Å². The number of aromatic nitrogens is 1. The minimum Gasteiger partial charge on any atom is -0.395 e. The van der Waals surface area contributed by atoms with E-state index in [-0.39, 0.29) is 12.4 Å². The molecule has 0 unspecified atom stereocenters. The number of nitrogens with two attached hydrogens (primary N) is 1. The van der Waals surface area contributed by atoms with Crippen LogP contribution < -0.4 is 10.6 Å². The maximum Gasteiger partial charge on any atom is 0.140 e. The Bertz CT molecular complexity index is 666. The second kappa shape index (κ2) is 5.69. The Kier molecular flexibility index (Phi) is 3.75. The summed E-state index contributed by atoms with van der Waals surface area (Å²) in [6, 6.07) is 10.1. The Morgan fingerprint density at radius 3 is 2.76 bits per heavy atom. The topological polar surface area (TPSA) is 86.2 Å². The second-order valence-corrected chi connectivity index (χ2v) is 5.47. The number of nitrogens with one attached hydrogen (secondary N) is 1. The number of aliphatic hydroxyl groups is 1. The van der Waals surface area contributed by atoms with Crippen molar-refractivity contribution in [1.82, 2.24) is 4.98 Å². The number of rotatable bonds is 5. The van der Waals surface area contributed by atoms with E-state index in [1.165, 1.54) is 6.42 Å². The molecule has 21 heavy (non-hydrogen) atoms. The minimum atomic E-state index is 0.0190. The summed E-state index contributed by atoms with van der Waals surface area (Å²) in [5, 5.41) is 18.2. The van der Waals surface area contributed by atoms with Gasteiger partial charge in [-0.1, -0.05) is 18.2 Å². The van der Waals surface area contributed by atoms with Crippen molar-refractivity contribution in [2.45, 2.75) is 25.3 Å². The van der Waals surface area contributed by atoms with Crippen LogP contribution in [0.5, 0.6) is 0 Å². The van der Waals surface area contributed by atoms with Gasteiger partial charge >= 0.3 is 0 Å². The van der Waals surface area contributed by atoms with E-state index >= 15 is 0 Å². The Labute approximate surface area is 123 Å². The number of amidine groups is 1. The molecule has 1 aliphatic carbocycles. The van der Waals surface area contributed by atoms with Crippen LogP contribution in [-0.4, -0.2) is 35.1 Å². The smallest absolute Gasteiger partial charge is 0.140 e. The fourth-order valence-corrected chi connectivity index (χ4v) is 2.79. The fraction of sp³-hybridized carbons (Fsp3) is 0.375. The minimum absolute atomic E-state index is 0.0190. The molecule has 4 N–H and O–H groups in total. The highest BCUT2D eigenvalue weighted by molar-refractivity contribution is 6.03. The first-order chi connectivity index (χ1) is 10.2. The summed E-state index contributed by atoms with van der Waals surface area (Å²) in [5.74, 6) is 0.741. The molecule has 0 bridgehead atoms. The van der Waals surface area contributed by atoms with E-state index in [0.717, 1.165) is 29.6 Å². The molecule has 2 aromatic rings. The van der Waals surface area contributed by atoms with E-state index in [0.29, 0.717) is 18.2 Å². The lowest BCUT2D eigenvalue weighted by Gasteiger charge is -2.39. The van der Waals surface area contributed by atoms with Crippen LogP contribution >= 0.6 is 0 Å². The number of benzene rings is 1. The van der Waals surface area contributed by atoms with Gasteiger partial charge in [0.1, 0.15) is 11.7 Å². The van der Waals surface area contributed by atoms with Gasteiger partial charge in [0.05, 0.1) is 17.7 Å². The molecule has 3 rings (SSSR count). The van der Waals surface area contributed by atoms with Crippen molar-refractivity contribution in [2.75, 3.05) is 18.1 Å². The van der Waals surface area contributed by atoms with Crippen molar-refractivity contribution in [3.63, 3.8) is 0 Å². The first-order valence-corrected chi connectivity index (χ1v) is 7.32. The van der Waals surface area contributed by atoms with Crippen LogP contribution in [0.4, 0.5) is 5.82 Å². The van der Waals surface area contributed by atoms with Crippen LogP contribution in [0.25, 0.3) is 10.9 Å². The van der Waals surface area contributed by atoms with Crippen LogP contribution in [0, 0.1) is 5.41 Å². The zero-order valence-corrected chi connectivity index (χ0v) is 11.9. The molecule has 1 aromatic heterocycles. The molecule has 1 aromatic carbocycles. The lowest BCUT2D eigenvalue weighted by Crippen LogP contribution is -2.43. The molecular formula is C16H20N4O. The largest absolute Gasteiger partial charge is 0.395 e. The van der Waals surface area contributed by atoms with Crippen molar-refractivity contribution < 1.29 is 5.11 Å². The monoisotopic (exact) mass is 284 g/mol. The number of hydrogen-bond acceptors (Lipinski definition) is 4.